The first-order chi connectivity index (χ1) is 17.3. The highest BCUT2D eigenvalue weighted by Gasteiger charge is 2.19. The van der Waals surface area contributed by atoms with E-state index in [4.69, 9.17) is 9.47 Å². The molecule has 0 bridgehead atoms. The molecule has 0 aliphatic heterocycles. The van der Waals surface area contributed by atoms with Gasteiger partial charge in [0.25, 0.3) is 11.5 Å². The topological polar surface area (TPSA) is 106 Å². The van der Waals surface area contributed by atoms with Crippen molar-refractivity contribution < 1.29 is 14.3 Å². The van der Waals surface area contributed by atoms with Gasteiger partial charge in [-0.2, -0.15) is 10.2 Å². The van der Waals surface area contributed by atoms with Crippen LogP contribution in [0, 0.1) is 32.1 Å². The molecule has 0 fully saturated rings. The lowest BCUT2D eigenvalue weighted by atomic mass is 10.1. The zero-order valence-electron chi connectivity index (χ0n) is 20.3. The van der Waals surface area contributed by atoms with E-state index in [0.717, 1.165) is 16.7 Å². The van der Waals surface area contributed by atoms with Crippen LogP contribution in [-0.2, 0) is 4.79 Å². The van der Waals surface area contributed by atoms with E-state index in [1.54, 1.807) is 42.6 Å². The van der Waals surface area contributed by atoms with E-state index in [1.807, 2.05) is 45.0 Å². The minimum Gasteiger partial charge on any atom is -0.497 e. The molecule has 8 heteroatoms. The molecule has 8 nitrogen and oxygen atoms in total. The highest BCUT2D eigenvalue weighted by atomic mass is 16.5. The van der Waals surface area contributed by atoms with Gasteiger partial charge in [-0.15, -0.1) is 0 Å². The van der Waals surface area contributed by atoms with E-state index in [9.17, 15) is 14.9 Å². The molecule has 0 radical (unpaired) electrons. The molecular weight excluding hydrogens is 456 g/mol. The number of fused-ring (bicyclic) bond motifs is 1. The van der Waals surface area contributed by atoms with Crippen molar-refractivity contribution in [3.8, 4) is 23.4 Å². The van der Waals surface area contributed by atoms with Gasteiger partial charge in [-0.25, -0.2) is 0 Å². The maximum absolute atomic E-state index is 13.5. The second-order valence-electron chi connectivity index (χ2n) is 8.25. The fourth-order valence-corrected chi connectivity index (χ4v) is 3.70. The Labute approximate surface area is 208 Å². The number of nitrogens with one attached hydrogen (secondary N) is 1. The lowest BCUT2D eigenvalue weighted by molar-refractivity contribution is -0.112. The van der Waals surface area contributed by atoms with Crippen LogP contribution < -0.4 is 20.3 Å². The largest absolute Gasteiger partial charge is 0.497 e. The summed E-state index contributed by atoms with van der Waals surface area (Å²) in [6, 6.07) is 17.8. The van der Waals surface area contributed by atoms with Crippen molar-refractivity contribution in [2.45, 2.75) is 20.8 Å². The molecule has 1 amide bonds. The van der Waals surface area contributed by atoms with E-state index in [2.05, 4.69) is 10.3 Å². The molecule has 0 aliphatic carbocycles. The van der Waals surface area contributed by atoms with E-state index >= 15 is 0 Å². The van der Waals surface area contributed by atoms with E-state index in [-0.39, 0.29) is 17.0 Å². The van der Waals surface area contributed by atoms with Crippen molar-refractivity contribution in [1.82, 2.24) is 9.38 Å². The third kappa shape index (κ3) is 4.95. The van der Waals surface area contributed by atoms with Crippen molar-refractivity contribution in [2.24, 2.45) is 0 Å². The van der Waals surface area contributed by atoms with Gasteiger partial charge in [-0.1, -0.05) is 29.8 Å². The average molecular weight is 481 g/mol. The van der Waals surface area contributed by atoms with Crippen molar-refractivity contribution in [3.63, 3.8) is 0 Å². The van der Waals surface area contributed by atoms with Gasteiger partial charge in [0.2, 0.25) is 5.88 Å². The molecular formula is C28H24N4O4. The van der Waals surface area contributed by atoms with Gasteiger partial charge >= 0.3 is 0 Å². The number of hydrogen-bond donors (Lipinski definition) is 1. The molecule has 4 rings (SSSR count). The number of carbonyl (C=O) groups excluding carboxylic acids is 1. The van der Waals surface area contributed by atoms with Crippen LogP contribution in [0.25, 0.3) is 11.7 Å². The normalized spacial score (nSPS) is 11.1. The molecule has 0 unspecified atom stereocenters. The number of pyridine rings is 1. The number of carbonyl (C=O) groups is 1. The molecule has 4 aromatic rings. The number of methoxy groups -OCH3 is 1. The molecule has 0 atom stereocenters. The number of aromatic nitrogens is 2. The molecule has 0 saturated carbocycles. The predicted molar refractivity (Wildman–Crippen MR) is 137 cm³/mol. The van der Waals surface area contributed by atoms with Crippen LogP contribution in [0.3, 0.4) is 0 Å². The van der Waals surface area contributed by atoms with Crippen molar-refractivity contribution >= 4 is 23.3 Å². The maximum Gasteiger partial charge on any atom is 0.269 e. The third-order valence-electron chi connectivity index (χ3n) is 5.57. The summed E-state index contributed by atoms with van der Waals surface area (Å²) in [5.41, 5.74) is 2.77. The number of benzene rings is 2. The summed E-state index contributed by atoms with van der Waals surface area (Å²) in [5, 5.41) is 12.4. The summed E-state index contributed by atoms with van der Waals surface area (Å²) < 4.78 is 12.6. The highest BCUT2D eigenvalue weighted by Crippen LogP contribution is 2.28. The number of hydrogen-bond acceptors (Lipinski definition) is 6. The summed E-state index contributed by atoms with van der Waals surface area (Å²) in [6.07, 6.45) is 2.79. The zero-order valence-corrected chi connectivity index (χ0v) is 20.3. The van der Waals surface area contributed by atoms with Gasteiger partial charge in [0.05, 0.1) is 7.11 Å². The van der Waals surface area contributed by atoms with E-state index in [1.165, 1.54) is 17.6 Å². The van der Waals surface area contributed by atoms with Gasteiger partial charge in [-0.05, 0) is 62.2 Å². The summed E-state index contributed by atoms with van der Waals surface area (Å²) in [7, 11) is 1.51. The van der Waals surface area contributed by atoms with Crippen LogP contribution in [0.1, 0.15) is 22.3 Å². The lowest BCUT2D eigenvalue weighted by Gasteiger charge is -2.13. The monoisotopic (exact) mass is 480 g/mol. The second-order valence-corrected chi connectivity index (χ2v) is 8.25. The first kappa shape index (κ1) is 24.2. The Kier molecular flexibility index (Phi) is 6.84. The predicted octanol–water partition coefficient (Wildman–Crippen LogP) is 4.97. The van der Waals surface area contributed by atoms with E-state index < -0.39 is 11.5 Å². The molecule has 2 aromatic heterocycles. The number of amides is 1. The maximum atomic E-state index is 13.5. The van der Waals surface area contributed by atoms with Crippen molar-refractivity contribution in [3.05, 3.63) is 99.0 Å². The van der Waals surface area contributed by atoms with Gasteiger partial charge in [0, 0.05) is 18.0 Å². The molecule has 180 valence electrons. The fourth-order valence-electron chi connectivity index (χ4n) is 3.70. The average Bonchev–Trinajstić information content (AvgIpc) is 2.86. The van der Waals surface area contributed by atoms with Crippen LogP contribution in [0.5, 0.6) is 17.4 Å². The molecule has 1 N–H and O–H groups in total. The number of nitrogens with zero attached hydrogens (tertiary/aromatic N) is 3. The smallest absolute Gasteiger partial charge is 0.269 e. The summed E-state index contributed by atoms with van der Waals surface area (Å²) in [5.74, 6) is 0.381. The summed E-state index contributed by atoms with van der Waals surface area (Å²) >= 11 is 0. The van der Waals surface area contributed by atoms with E-state index in [0.29, 0.717) is 22.8 Å². The van der Waals surface area contributed by atoms with Crippen LogP contribution in [-0.4, -0.2) is 22.4 Å². The standard InChI is InChI=1S/C28H24N4O4/c1-17-10-11-24(19(3)13-17)36-27-23(28(34)32-12-6-7-18(2)25(32)31-27)14-20(16-29)26(33)30-21-8-5-9-22(15-21)35-4/h5-15H,1-4H3,(H,30,33)/b20-14-. The number of aryl methyl sites for hydroxylation is 3. The van der Waals surface area contributed by atoms with Crippen LogP contribution >= 0.6 is 0 Å². The Hall–Kier alpha value is -4.90. The molecule has 0 spiro atoms. The first-order valence-corrected chi connectivity index (χ1v) is 11.1. The molecule has 2 aromatic carbocycles. The minimum absolute atomic E-state index is 0.00295. The number of rotatable bonds is 6. The molecule has 0 saturated heterocycles. The summed E-state index contributed by atoms with van der Waals surface area (Å²) in [6.45, 7) is 5.69. The van der Waals surface area contributed by atoms with Crippen molar-refractivity contribution in [2.75, 3.05) is 12.4 Å². The minimum atomic E-state index is -0.683. The number of nitriles is 1. The Balaban J connectivity index is 1.83. The molecule has 2 heterocycles. The van der Waals surface area contributed by atoms with Gasteiger partial charge in [0.15, 0.2) is 0 Å². The van der Waals surface area contributed by atoms with Crippen LogP contribution in [0.2, 0.25) is 0 Å². The van der Waals surface area contributed by atoms with Crippen LogP contribution in [0.15, 0.2) is 71.2 Å². The van der Waals surface area contributed by atoms with Gasteiger partial charge < -0.3 is 14.8 Å². The van der Waals surface area contributed by atoms with Crippen LogP contribution in [0.4, 0.5) is 5.69 Å². The Morgan fingerprint density at radius 2 is 1.89 bits per heavy atom. The summed E-state index contributed by atoms with van der Waals surface area (Å²) in [4.78, 5) is 31.0. The van der Waals surface area contributed by atoms with Gasteiger partial charge in [0.1, 0.15) is 34.4 Å². The Bertz CT molecular complexity index is 1610. The number of ether oxygens (including phenoxy) is 2. The van der Waals surface area contributed by atoms with Crippen molar-refractivity contribution in [1.29, 1.82) is 5.26 Å². The Morgan fingerprint density at radius 3 is 2.61 bits per heavy atom. The highest BCUT2D eigenvalue weighted by molar-refractivity contribution is 6.09. The van der Waals surface area contributed by atoms with Gasteiger partial charge in [-0.3, -0.25) is 14.0 Å². The SMILES string of the molecule is COc1cccc(NC(=O)/C(C#N)=C\c2c(Oc3ccc(C)cc3C)nc3c(C)cccn3c2=O)c1. The lowest BCUT2D eigenvalue weighted by Crippen LogP contribution is -2.20. The molecule has 0 aliphatic rings. The second kappa shape index (κ2) is 10.2. The Morgan fingerprint density at radius 1 is 1.08 bits per heavy atom. The molecule has 36 heavy (non-hydrogen) atoms. The third-order valence-corrected chi connectivity index (χ3v) is 5.57. The first-order valence-electron chi connectivity index (χ1n) is 11.1. The number of anilines is 1. The zero-order chi connectivity index (χ0) is 25.8. The fraction of sp³-hybridized carbons (Fsp3) is 0.143. The quantitative estimate of drug-likeness (QED) is 0.309.